The monoisotopic (exact) mass is 580 g/mol. The van der Waals surface area contributed by atoms with Crippen LogP contribution in [0, 0.1) is 0 Å². The molecule has 1 aromatic carbocycles. The number of alkyl carbamates (subject to hydrolysis) is 1. The summed E-state index contributed by atoms with van der Waals surface area (Å²) in [5.74, 6) is 0.272. The summed E-state index contributed by atoms with van der Waals surface area (Å²) in [5.41, 5.74) is 0.549. The van der Waals surface area contributed by atoms with Crippen LogP contribution in [0.2, 0.25) is 0 Å². The van der Waals surface area contributed by atoms with Gasteiger partial charge in [0, 0.05) is 42.7 Å². The molecule has 42 heavy (non-hydrogen) atoms. The number of ether oxygens (including phenoxy) is 2. The molecule has 1 saturated carbocycles. The number of benzene rings is 1. The number of amides is 3. The maximum Gasteiger partial charge on any atom is 0.408 e. The van der Waals surface area contributed by atoms with Crippen molar-refractivity contribution in [3.8, 4) is 0 Å². The highest BCUT2D eigenvalue weighted by Crippen LogP contribution is 2.54. The first-order chi connectivity index (χ1) is 20.0. The number of nitrogens with zero attached hydrogens (tertiary/aromatic N) is 3. The highest BCUT2D eigenvalue weighted by molar-refractivity contribution is 5.93. The number of likely N-dealkylation sites (tertiary alicyclic amines) is 1. The zero-order valence-corrected chi connectivity index (χ0v) is 25.7. The van der Waals surface area contributed by atoms with E-state index in [2.05, 4.69) is 46.4 Å². The third-order valence-corrected chi connectivity index (χ3v) is 10.4. The number of rotatable bonds is 5. The number of hydrogen-bond donors (Lipinski definition) is 1. The van der Waals surface area contributed by atoms with Gasteiger partial charge in [0.15, 0.2) is 0 Å². The Bertz CT molecular complexity index is 1160. The SMILES string of the molecule is CN([C@@H]1CCOC1)[C@H]1CC[C@H](NC(=O)OC(C)(C)C)C(=O)N2[C@H](CC[C@H]2C(=O)N2C[C@H](c3ccccc3)CC23CC3)C1. The summed E-state index contributed by atoms with van der Waals surface area (Å²) < 4.78 is 11.2. The molecule has 1 spiro atoms. The molecule has 4 saturated heterocycles. The van der Waals surface area contributed by atoms with Gasteiger partial charge in [-0.05, 0) is 91.2 Å². The van der Waals surface area contributed by atoms with Crippen molar-refractivity contribution in [3.05, 3.63) is 35.9 Å². The highest BCUT2D eigenvalue weighted by atomic mass is 16.6. The quantitative estimate of drug-likeness (QED) is 0.565. The van der Waals surface area contributed by atoms with Gasteiger partial charge in [0.1, 0.15) is 17.7 Å². The van der Waals surface area contributed by atoms with Gasteiger partial charge in [-0.1, -0.05) is 30.3 Å². The Morgan fingerprint density at radius 2 is 1.81 bits per heavy atom. The molecule has 230 valence electrons. The molecule has 0 bridgehead atoms. The minimum absolute atomic E-state index is 0.0351. The smallest absolute Gasteiger partial charge is 0.408 e. The van der Waals surface area contributed by atoms with E-state index in [9.17, 15) is 14.4 Å². The van der Waals surface area contributed by atoms with Crippen LogP contribution >= 0.6 is 0 Å². The second-order valence-corrected chi connectivity index (χ2v) is 14.3. The van der Waals surface area contributed by atoms with Crippen LogP contribution in [0.1, 0.15) is 90.0 Å². The Morgan fingerprint density at radius 1 is 1.05 bits per heavy atom. The van der Waals surface area contributed by atoms with Crippen molar-refractivity contribution in [1.82, 2.24) is 20.0 Å². The van der Waals surface area contributed by atoms with E-state index in [1.54, 1.807) is 0 Å². The molecule has 5 fully saturated rings. The first-order valence-electron chi connectivity index (χ1n) is 16.0. The lowest BCUT2D eigenvalue weighted by Crippen LogP contribution is -2.59. The number of carbonyl (C=O) groups is 3. The molecule has 0 radical (unpaired) electrons. The molecule has 1 N–H and O–H groups in total. The second-order valence-electron chi connectivity index (χ2n) is 14.3. The molecule has 9 nitrogen and oxygen atoms in total. The average Bonchev–Trinajstić information content (AvgIpc) is 3.28. The standard InChI is InChI=1S/C33H48N4O5/c1-32(2,3)42-31(40)34-27-12-10-24(35(4)26-14-17-41-21-26)18-25-11-13-28(37(25)29(27)38)30(39)36-20-23(19-33(36)15-16-33)22-8-6-5-7-9-22/h5-9,23-28H,10-21H2,1-4H3,(H,34,40)/t23-,24+,25-,26-,27+,28+/m1/s1. The van der Waals surface area contributed by atoms with E-state index >= 15 is 0 Å². The van der Waals surface area contributed by atoms with Crippen molar-refractivity contribution >= 4 is 17.9 Å². The van der Waals surface area contributed by atoms with Crippen molar-refractivity contribution in [2.75, 3.05) is 26.8 Å². The van der Waals surface area contributed by atoms with E-state index in [4.69, 9.17) is 9.47 Å². The van der Waals surface area contributed by atoms with Crippen LogP contribution in [-0.2, 0) is 19.1 Å². The van der Waals surface area contributed by atoms with Crippen LogP contribution in [-0.4, -0.2) is 101 Å². The summed E-state index contributed by atoms with van der Waals surface area (Å²) in [6.07, 6.45) is 7.07. The van der Waals surface area contributed by atoms with E-state index < -0.39 is 23.8 Å². The molecule has 3 amide bonds. The largest absolute Gasteiger partial charge is 0.444 e. The van der Waals surface area contributed by atoms with Gasteiger partial charge in [-0.25, -0.2) is 4.79 Å². The predicted octanol–water partition coefficient (Wildman–Crippen LogP) is 4.06. The number of hydrogen-bond acceptors (Lipinski definition) is 6. The van der Waals surface area contributed by atoms with E-state index in [1.807, 2.05) is 31.7 Å². The lowest BCUT2D eigenvalue weighted by Gasteiger charge is -2.42. The van der Waals surface area contributed by atoms with E-state index in [1.165, 1.54) is 5.56 Å². The molecule has 6 rings (SSSR count). The third-order valence-electron chi connectivity index (χ3n) is 10.4. The lowest BCUT2D eigenvalue weighted by atomic mass is 9.93. The van der Waals surface area contributed by atoms with E-state index in [0.717, 1.165) is 58.2 Å². The van der Waals surface area contributed by atoms with Crippen LogP contribution in [0.3, 0.4) is 0 Å². The lowest BCUT2D eigenvalue weighted by molar-refractivity contribution is -0.148. The van der Waals surface area contributed by atoms with Crippen molar-refractivity contribution in [3.63, 3.8) is 0 Å². The van der Waals surface area contributed by atoms with Gasteiger partial charge in [0.05, 0.1) is 6.61 Å². The Labute approximate surface area is 250 Å². The Morgan fingerprint density at radius 3 is 2.48 bits per heavy atom. The molecule has 4 heterocycles. The molecular weight excluding hydrogens is 532 g/mol. The number of carbonyl (C=O) groups excluding carboxylic acids is 3. The normalized spacial score (nSPS) is 32.5. The summed E-state index contributed by atoms with van der Waals surface area (Å²) in [4.78, 5) is 48.0. The van der Waals surface area contributed by atoms with Crippen LogP contribution in [0.15, 0.2) is 30.3 Å². The van der Waals surface area contributed by atoms with Gasteiger partial charge in [0.2, 0.25) is 11.8 Å². The first-order valence-corrected chi connectivity index (χ1v) is 16.0. The number of nitrogens with one attached hydrogen (secondary N) is 1. The second kappa shape index (κ2) is 11.5. The fourth-order valence-corrected chi connectivity index (χ4v) is 8.00. The zero-order chi connectivity index (χ0) is 29.6. The average molecular weight is 581 g/mol. The van der Waals surface area contributed by atoms with Gasteiger partial charge >= 0.3 is 6.09 Å². The summed E-state index contributed by atoms with van der Waals surface area (Å²) in [6.45, 7) is 7.66. The molecule has 9 heteroatoms. The first kappa shape index (κ1) is 29.4. The van der Waals surface area contributed by atoms with Gasteiger partial charge in [-0.15, -0.1) is 0 Å². The number of fused-ring (bicyclic) bond motifs is 1. The van der Waals surface area contributed by atoms with Crippen LogP contribution < -0.4 is 5.32 Å². The minimum Gasteiger partial charge on any atom is -0.444 e. The van der Waals surface area contributed by atoms with Crippen molar-refractivity contribution in [1.29, 1.82) is 0 Å². The maximum atomic E-state index is 14.4. The van der Waals surface area contributed by atoms with Gasteiger partial charge < -0.3 is 24.6 Å². The highest BCUT2D eigenvalue weighted by Gasteiger charge is 2.58. The summed E-state index contributed by atoms with van der Waals surface area (Å²) in [7, 11) is 2.16. The van der Waals surface area contributed by atoms with E-state index in [0.29, 0.717) is 31.3 Å². The maximum absolute atomic E-state index is 14.4. The van der Waals surface area contributed by atoms with Gasteiger partial charge in [0.25, 0.3) is 0 Å². The predicted molar refractivity (Wildman–Crippen MR) is 159 cm³/mol. The van der Waals surface area contributed by atoms with Crippen LogP contribution in [0.5, 0.6) is 0 Å². The molecule has 0 aromatic heterocycles. The molecule has 1 aliphatic carbocycles. The van der Waals surface area contributed by atoms with Crippen molar-refractivity contribution in [2.24, 2.45) is 0 Å². The molecule has 1 aromatic rings. The summed E-state index contributed by atoms with van der Waals surface area (Å²) in [6, 6.07) is 9.85. The Balaban J connectivity index is 1.24. The fourth-order valence-electron chi connectivity index (χ4n) is 8.00. The molecule has 0 unspecified atom stereocenters. The van der Waals surface area contributed by atoms with Crippen molar-refractivity contribution < 1.29 is 23.9 Å². The van der Waals surface area contributed by atoms with Gasteiger partial charge in [-0.2, -0.15) is 0 Å². The van der Waals surface area contributed by atoms with Crippen molar-refractivity contribution in [2.45, 2.75) is 126 Å². The fraction of sp³-hybridized carbons (Fsp3) is 0.727. The Kier molecular flexibility index (Phi) is 8.02. The minimum atomic E-state index is -0.725. The molecular formula is C33H48N4O5. The molecule has 5 aliphatic rings. The Hall–Kier alpha value is -2.65. The topological polar surface area (TPSA) is 91.4 Å². The van der Waals surface area contributed by atoms with Crippen LogP contribution in [0.25, 0.3) is 0 Å². The molecule has 6 atom stereocenters. The zero-order valence-electron chi connectivity index (χ0n) is 25.7. The number of likely N-dealkylation sites (N-methyl/N-ethyl adjacent to an activating group) is 1. The molecule has 4 aliphatic heterocycles. The summed E-state index contributed by atoms with van der Waals surface area (Å²) >= 11 is 0. The summed E-state index contributed by atoms with van der Waals surface area (Å²) in [5, 5.41) is 2.90. The third kappa shape index (κ3) is 5.91. The van der Waals surface area contributed by atoms with E-state index in [-0.39, 0.29) is 29.4 Å². The van der Waals surface area contributed by atoms with Crippen LogP contribution in [0.4, 0.5) is 4.79 Å². The van der Waals surface area contributed by atoms with Gasteiger partial charge in [-0.3, -0.25) is 14.5 Å².